The summed E-state index contributed by atoms with van der Waals surface area (Å²) < 4.78 is 5.29. The molecule has 0 saturated carbocycles. The maximum Gasteiger partial charge on any atom is 0.120 e. The largest absolute Gasteiger partial charge is 0.497 e. The zero-order valence-electron chi connectivity index (χ0n) is 17.4. The van der Waals surface area contributed by atoms with Gasteiger partial charge in [-0.1, -0.05) is 44.0 Å². The van der Waals surface area contributed by atoms with Crippen molar-refractivity contribution in [1.82, 2.24) is 4.98 Å². The number of ether oxygens (including phenoxy) is 1. The molecule has 2 aromatic carbocycles. The first-order chi connectivity index (χ1) is 14.2. The van der Waals surface area contributed by atoms with Gasteiger partial charge in [-0.2, -0.15) is 0 Å². The number of benzene rings is 2. The lowest BCUT2D eigenvalue weighted by Crippen LogP contribution is -1.95. The van der Waals surface area contributed by atoms with E-state index in [-0.39, 0.29) is 0 Å². The Bertz CT molecular complexity index is 914. The second-order valence-electron chi connectivity index (χ2n) is 7.33. The van der Waals surface area contributed by atoms with Crippen molar-refractivity contribution in [3.63, 3.8) is 0 Å². The molecule has 3 rings (SSSR count). The van der Waals surface area contributed by atoms with Crippen molar-refractivity contribution in [2.24, 2.45) is 0 Å². The Hall–Kier alpha value is -2.94. The molecule has 3 aromatic rings. The van der Waals surface area contributed by atoms with Crippen LogP contribution in [0.3, 0.4) is 0 Å². The second kappa shape index (κ2) is 10.6. The Morgan fingerprint density at radius 1 is 0.897 bits per heavy atom. The molecule has 0 spiro atoms. The molecule has 1 aromatic heterocycles. The Morgan fingerprint density at radius 2 is 1.62 bits per heavy atom. The number of carbonyl (C=O) groups excluding carboxylic acids is 1. The van der Waals surface area contributed by atoms with E-state index < -0.39 is 0 Å². The van der Waals surface area contributed by atoms with Gasteiger partial charge in [0.2, 0.25) is 0 Å². The molecule has 0 aliphatic carbocycles. The molecule has 150 valence electrons. The maximum atomic E-state index is 10.6. The average molecular weight is 388 g/mol. The SMILES string of the molecule is CCCCCc1cnc(-c2ccc(OC)cc2)c(-c2ccc(CCC=O)cc2)c1. The molecule has 3 nitrogen and oxygen atoms in total. The van der Waals surface area contributed by atoms with Crippen molar-refractivity contribution in [2.75, 3.05) is 7.11 Å². The Balaban J connectivity index is 1.97. The van der Waals surface area contributed by atoms with Crippen molar-refractivity contribution in [2.45, 2.75) is 45.4 Å². The standard InChI is InChI=1S/C26H29NO2/c1-3-4-5-7-21-18-25(22-11-9-20(10-12-22)8-6-17-28)26(27-19-21)23-13-15-24(29-2)16-14-23/h9-19H,3-8H2,1-2H3. The fourth-order valence-corrected chi connectivity index (χ4v) is 3.50. The first kappa shape index (κ1) is 20.8. The Labute approximate surface area is 173 Å². The highest BCUT2D eigenvalue weighted by molar-refractivity contribution is 5.81. The van der Waals surface area contributed by atoms with Crippen molar-refractivity contribution < 1.29 is 9.53 Å². The number of methoxy groups -OCH3 is 1. The first-order valence-corrected chi connectivity index (χ1v) is 10.4. The number of hydrogen-bond donors (Lipinski definition) is 0. The van der Waals surface area contributed by atoms with E-state index in [2.05, 4.69) is 49.4 Å². The van der Waals surface area contributed by atoms with Crippen LogP contribution in [0.2, 0.25) is 0 Å². The van der Waals surface area contributed by atoms with Gasteiger partial charge in [0.05, 0.1) is 12.8 Å². The summed E-state index contributed by atoms with van der Waals surface area (Å²) in [6, 6.07) is 18.8. The number of aldehydes is 1. The van der Waals surface area contributed by atoms with E-state index >= 15 is 0 Å². The number of nitrogens with zero attached hydrogens (tertiary/aromatic N) is 1. The molecule has 0 fully saturated rings. The predicted octanol–water partition coefficient (Wildman–Crippen LogP) is 6.29. The van der Waals surface area contributed by atoms with Crippen LogP contribution >= 0.6 is 0 Å². The highest BCUT2D eigenvalue weighted by atomic mass is 16.5. The number of carbonyl (C=O) groups is 1. The monoisotopic (exact) mass is 387 g/mol. The number of pyridine rings is 1. The van der Waals surface area contributed by atoms with Crippen LogP contribution in [0, 0.1) is 0 Å². The van der Waals surface area contributed by atoms with Gasteiger partial charge in [0.25, 0.3) is 0 Å². The molecule has 0 unspecified atom stereocenters. The number of rotatable bonds is 10. The van der Waals surface area contributed by atoms with Gasteiger partial charge in [-0.05, 0) is 66.3 Å². The summed E-state index contributed by atoms with van der Waals surface area (Å²) in [5.41, 5.74) is 6.80. The fraction of sp³-hybridized carbons (Fsp3) is 0.308. The normalized spacial score (nSPS) is 10.7. The lowest BCUT2D eigenvalue weighted by atomic mass is 9.95. The van der Waals surface area contributed by atoms with Gasteiger partial charge in [0.1, 0.15) is 12.0 Å². The van der Waals surface area contributed by atoms with Gasteiger partial charge >= 0.3 is 0 Å². The number of hydrogen-bond acceptors (Lipinski definition) is 3. The molecule has 0 bridgehead atoms. The topological polar surface area (TPSA) is 39.2 Å². The quantitative estimate of drug-likeness (QED) is 0.303. The average Bonchev–Trinajstić information content (AvgIpc) is 2.78. The van der Waals surface area contributed by atoms with E-state index in [1.807, 2.05) is 18.3 Å². The van der Waals surface area contributed by atoms with Gasteiger partial charge in [-0.15, -0.1) is 0 Å². The molecular formula is C26H29NO2. The lowest BCUT2D eigenvalue weighted by Gasteiger charge is -2.13. The van der Waals surface area contributed by atoms with Crippen LogP contribution in [0.5, 0.6) is 5.75 Å². The summed E-state index contributed by atoms with van der Waals surface area (Å²) in [5.74, 6) is 0.839. The Morgan fingerprint density at radius 3 is 2.28 bits per heavy atom. The van der Waals surface area contributed by atoms with Crippen molar-refractivity contribution in [3.8, 4) is 28.1 Å². The third-order valence-electron chi connectivity index (χ3n) is 5.19. The number of aromatic nitrogens is 1. The fourth-order valence-electron chi connectivity index (χ4n) is 3.50. The molecule has 3 heteroatoms. The smallest absolute Gasteiger partial charge is 0.120 e. The summed E-state index contributed by atoms with van der Waals surface area (Å²) in [6.45, 7) is 2.22. The summed E-state index contributed by atoms with van der Waals surface area (Å²) in [5, 5.41) is 0. The maximum absolute atomic E-state index is 10.6. The van der Waals surface area contributed by atoms with Crippen molar-refractivity contribution in [3.05, 3.63) is 71.9 Å². The van der Waals surface area contributed by atoms with Crippen LogP contribution in [0.4, 0.5) is 0 Å². The summed E-state index contributed by atoms with van der Waals surface area (Å²) in [7, 11) is 1.68. The molecular weight excluding hydrogens is 358 g/mol. The summed E-state index contributed by atoms with van der Waals surface area (Å²) in [4.78, 5) is 15.5. The van der Waals surface area contributed by atoms with Gasteiger partial charge in [0.15, 0.2) is 0 Å². The zero-order chi connectivity index (χ0) is 20.5. The third kappa shape index (κ3) is 5.54. The van der Waals surface area contributed by atoms with E-state index in [0.29, 0.717) is 6.42 Å². The number of aryl methyl sites for hydroxylation is 2. The summed E-state index contributed by atoms with van der Waals surface area (Å²) >= 11 is 0. The van der Waals surface area contributed by atoms with Crippen LogP contribution in [0.15, 0.2) is 60.8 Å². The number of unbranched alkanes of at least 4 members (excludes halogenated alkanes) is 2. The third-order valence-corrected chi connectivity index (χ3v) is 5.19. The van der Waals surface area contributed by atoms with Crippen LogP contribution in [-0.2, 0) is 17.6 Å². The molecule has 0 aliphatic rings. The molecule has 1 heterocycles. The highest BCUT2D eigenvalue weighted by Crippen LogP contribution is 2.32. The van der Waals surface area contributed by atoms with Crippen LogP contribution < -0.4 is 4.74 Å². The second-order valence-corrected chi connectivity index (χ2v) is 7.33. The lowest BCUT2D eigenvalue weighted by molar-refractivity contribution is -0.107. The Kier molecular flexibility index (Phi) is 7.57. The van der Waals surface area contributed by atoms with E-state index in [0.717, 1.165) is 47.3 Å². The molecule has 29 heavy (non-hydrogen) atoms. The molecule has 0 radical (unpaired) electrons. The van der Waals surface area contributed by atoms with Gasteiger partial charge in [-0.25, -0.2) is 0 Å². The van der Waals surface area contributed by atoms with Gasteiger partial charge in [0, 0.05) is 23.7 Å². The van der Waals surface area contributed by atoms with Gasteiger partial charge < -0.3 is 9.53 Å². The van der Waals surface area contributed by atoms with E-state index in [9.17, 15) is 4.79 Å². The summed E-state index contributed by atoms with van der Waals surface area (Å²) in [6.07, 6.45) is 9.01. The molecule has 0 aliphatic heterocycles. The molecule has 0 N–H and O–H groups in total. The van der Waals surface area contributed by atoms with Gasteiger partial charge in [-0.3, -0.25) is 4.98 Å². The minimum absolute atomic E-state index is 0.560. The van der Waals surface area contributed by atoms with E-state index in [4.69, 9.17) is 9.72 Å². The van der Waals surface area contributed by atoms with Crippen LogP contribution in [0.25, 0.3) is 22.4 Å². The predicted molar refractivity (Wildman–Crippen MR) is 119 cm³/mol. The van der Waals surface area contributed by atoms with Crippen LogP contribution in [0.1, 0.15) is 43.7 Å². The van der Waals surface area contributed by atoms with Crippen molar-refractivity contribution >= 4 is 6.29 Å². The first-order valence-electron chi connectivity index (χ1n) is 10.4. The van der Waals surface area contributed by atoms with E-state index in [1.54, 1.807) is 7.11 Å². The van der Waals surface area contributed by atoms with Crippen molar-refractivity contribution in [1.29, 1.82) is 0 Å². The minimum atomic E-state index is 0.560. The minimum Gasteiger partial charge on any atom is -0.497 e. The molecule has 0 saturated heterocycles. The molecule has 0 atom stereocenters. The zero-order valence-corrected chi connectivity index (χ0v) is 17.4. The highest BCUT2D eigenvalue weighted by Gasteiger charge is 2.11. The van der Waals surface area contributed by atoms with E-state index in [1.165, 1.54) is 30.4 Å². The molecule has 0 amide bonds. The van der Waals surface area contributed by atoms with Crippen LogP contribution in [-0.4, -0.2) is 18.4 Å².